The van der Waals surface area contributed by atoms with Crippen molar-refractivity contribution < 1.29 is 22.4 Å². The van der Waals surface area contributed by atoms with Crippen molar-refractivity contribution >= 4 is 5.78 Å². The topological polar surface area (TPSA) is 30.0 Å². The molecule has 3 aromatic rings. The first-order valence-corrected chi connectivity index (χ1v) is 8.75. The second-order valence-electron chi connectivity index (χ2n) is 6.39. The Bertz CT molecular complexity index is 948. The number of nitrogens with zero attached hydrogens (tertiary/aromatic N) is 1. The van der Waals surface area contributed by atoms with Gasteiger partial charge in [-0.15, -0.1) is 0 Å². The number of aryl methyl sites for hydroxylation is 1. The summed E-state index contributed by atoms with van der Waals surface area (Å²) in [6.45, 7) is 0. The molecule has 0 aliphatic heterocycles. The number of rotatable bonds is 6. The molecule has 0 bridgehead atoms. The van der Waals surface area contributed by atoms with E-state index in [1.807, 2.05) is 24.3 Å². The Morgan fingerprint density at radius 2 is 1.57 bits per heavy atom. The highest BCUT2D eigenvalue weighted by Gasteiger charge is 2.34. The Labute approximate surface area is 159 Å². The van der Waals surface area contributed by atoms with Crippen molar-refractivity contribution in [1.29, 1.82) is 0 Å². The zero-order chi connectivity index (χ0) is 20.1. The third-order valence-corrected chi connectivity index (χ3v) is 4.42. The number of carbonyl (C=O) groups is 1. The number of pyridine rings is 1. The second kappa shape index (κ2) is 8.33. The number of carbonyl (C=O) groups excluding carboxylic acids is 1. The lowest BCUT2D eigenvalue weighted by Crippen LogP contribution is -2.13. The second-order valence-corrected chi connectivity index (χ2v) is 6.39. The molecule has 0 unspecified atom stereocenters. The van der Waals surface area contributed by atoms with E-state index >= 15 is 0 Å². The van der Waals surface area contributed by atoms with Gasteiger partial charge in [0, 0.05) is 23.7 Å². The van der Waals surface area contributed by atoms with Gasteiger partial charge in [0.05, 0.1) is 5.56 Å². The quantitative estimate of drug-likeness (QED) is 0.290. The van der Waals surface area contributed by atoms with E-state index in [1.54, 1.807) is 6.07 Å². The van der Waals surface area contributed by atoms with Gasteiger partial charge in [-0.3, -0.25) is 4.79 Å². The van der Waals surface area contributed by atoms with Crippen LogP contribution in [0.4, 0.5) is 17.6 Å². The SMILES string of the molecule is O=C(CCCc1ccc(-c2ccc(F)nc2)cc1)c1ccccc1C(F)(F)F. The largest absolute Gasteiger partial charge is 0.417 e. The normalized spacial score (nSPS) is 11.4. The fourth-order valence-corrected chi connectivity index (χ4v) is 2.97. The lowest BCUT2D eigenvalue weighted by Gasteiger charge is -2.11. The zero-order valence-electron chi connectivity index (χ0n) is 14.8. The fourth-order valence-electron chi connectivity index (χ4n) is 2.97. The molecule has 0 saturated carbocycles. The maximum atomic E-state index is 13.0. The molecule has 144 valence electrons. The van der Waals surface area contributed by atoms with Crippen molar-refractivity contribution in [3.05, 3.63) is 89.5 Å². The van der Waals surface area contributed by atoms with Crippen molar-refractivity contribution in [2.24, 2.45) is 0 Å². The van der Waals surface area contributed by atoms with E-state index in [0.717, 1.165) is 22.8 Å². The van der Waals surface area contributed by atoms with Gasteiger partial charge in [-0.05, 0) is 42.2 Å². The molecular formula is C22H17F4NO. The van der Waals surface area contributed by atoms with E-state index in [4.69, 9.17) is 0 Å². The van der Waals surface area contributed by atoms with E-state index in [2.05, 4.69) is 4.98 Å². The number of halogens is 4. The van der Waals surface area contributed by atoms with E-state index in [9.17, 15) is 22.4 Å². The van der Waals surface area contributed by atoms with Gasteiger partial charge >= 0.3 is 6.18 Å². The highest BCUT2D eigenvalue weighted by Crippen LogP contribution is 2.32. The van der Waals surface area contributed by atoms with Gasteiger partial charge in [-0.25, -0.2) is 4.98 Å². The molecule has 6 heteroatoms. The van der Waals surface area contributed by atoms with Crippen molar-refractivity contribution in [2.45, 2.75) is 25.4 Å². The molecule has 2 nitrogen and oxygen atoms in total. The summed E-state index contributed by atoms with van der Waals surface area (Å²) in [6, 6.07) is 15.3. The minimum Gasteiger partial charge on any atom is -0.294 e. The Morgan fingerprint density at radius 1 is 0.893 bits per heavy atom. The molecule has 0 saturated heterocycles. The summed E-state index contributed by atoms with van der Waals surface area (Å²) in [4.78, 5) is 15.8. The summed E-state index contributed by atoms with van der Waals surface area (Å²) >= 11 is 0. The maximum absolute atomic E-state index is 13.0. The number of benzene rings is 2. The minimum atomic E-state index is -4.54. The Hall–Kier alpha value is -3.02. The number of aromatic nitrogens is 1. The highest BCUT2D eigenvalue weighted by atomic mass is 19.4. The molecule has 0 amide bonds. The summed E-state index contributed by atoms with van der Waals surface area (Å²) in [6.07, 6.45) is -2.04. The van der Waals surface area contributed by atoms with Crippen LogP contribution in [0.15, 0.2) is 66.9 Å². The first-order chi connectivity index (χ1) is 13.3. The molecule has 3 rings (SSSR count). The Kier molecular flexibility index (Phi) is 5.87. The van der Waals surface area contributed by atoms with Crippen molar-refractivity contribution in [3.63, 3.8) is 0 Å². The van der Waals surface area contributed by atoms with Crippen LogP contribution in [0.25, 0.3) is 11.1 Å². The molecule has 0 spiro atoms. The van der Waals surface area contributed by atoms with Crippen LogP contribution < -0.4 is 0 Å². The molecule has 2 aromatic carbocycles. The third kappa shape index (κ3) is 4.82. The summed E-state index contributed by atoms with van der Waals surface area (Å²) < 4.78 is 51.9. The van der Waals surface area contributed by atoms with Crippen molar-refractivity contribution in [2.75, 3.05) is 0 Å². The standard InChI is InChI=1S/C22H17F4NO/c23-21-13-12-17(14-27-21)16-10-8-15(9-11-16)4-3-7-20(28)18-5-1-2-6-19(18)22(24,25)26/h1-2,5-6,8-14H,3-4,7H2. The Balaban J connectivity index is 1.60. The van der Waals surface area contributed by atoms with Gasteiger partial charge in [0.1, 0.15) is 0 Å². The average molecular weight is 387 g/mol. The van der Waals surface area contributed by atoms with E-state index in [1.165, 1.54) is 30.5 Å². The van der Waals surface area contributed by atoms with Gasteiger partial charge in [0.25, 0.3) is 0 Å². The van der Waals surface area contributed by atoms with E-state index < -0.39 is 23.5 Å². The van der Waals surface area contributed by atoms with Crippen LogP contribution in [0.2, 0.25) is 0 Å². The van der Waals surface area contributed by atoms with Gasteiger partial charge < -0.3 is 0 Å². The molecule has 0 atom stereocenters. The summed E-state index contributed by atoms with van der Waals surface area (Å²) in [7, 11) is 0. The highest BCUT2D eigenvalue weighted by molar-refractivity contribution is 5.97. The number of hydrogen-bond acceptors (Lipinski definition) is 2. The molecule has 28 heavy (non-hydrogen) atoms. The number of hydrogen-bond donors (Lipinski definition) is 0. The third-order valence-electron chi connectivity index (χ3n) is 4.42. The van der Waals surface area contributed by atoms with Gasteiger partial charge in [-0.2, -0.15) is 17.6 Å². The summed E-state index contributed by atoms with van der Waals surface area (Å²) in [5, 5.41) is 0. The van der Waals surface area contributed by atoms with Crippen LogP contribution in [-0.4, -0.2) is 10.8 Å². The minimum absolute atomic E-state index is 0.0384. The number of ketones is 1. The fraction of sp³-hybridized carbons (Fsp3) is 0.182. The van der Waals surface area contributed by atoms with Crippen LogP contribution in [0.3, 0.4) is 0 Å². The number of Topliss-reactive ketones (excluding diaryl/α,β-unsaturated/α-hetero) is 1. The smallest absolute Gasteiger partial charge is 0.294 e. The zero-order valence-corrected chi connectivity index (χ0v) is 14.8. The monoisotopic (exact) mass is 387 g/mol. The first-order valence-electron chi connectivity index (χ1n) is 8.75. The summed E-state index contributed by atoms with van der Waals surface area (Å²) in [5.74, 6) is -1.06. The lowest BCUT2D eigenvalue weighted by molar-refractivity contribution is -0.137. The molecule has 0 fully saturated rings. The van der Waals surface area contributed by atoms with Gasteiger partial charge in [0.2, 0.25) is 5.95 Å². The summed E-state index contributed by atoms with van der Waals surface area (Å²) in [5.41, 5.74) is 1.46. The molecule has 0 aliphatic carbocycles. The molecule has 1 aromatic heterocycles. The van der Waals surface area contributed by atoms with Gasteiger partial charge in [0.15, 0.2) is 5.78 Å². The molecule has 1 heterocycles. The first kappa shape index (κ1) is 19.7. The van der Waals surface area contributed by atoms with Crippen LogP contribution in [0.5, 0.6) is 0 Å². The van der Waals surface area contributed by atoms with Crippen molar-refractivity contribution in [1.82, 2.24) is 4.98 Å². The van der Waals surface area contributed by atoms with Crippen LogP contribution in [0.1, 0.15) is 34.3 Å². The maximum Gasteiger partial charge on any atom is 0.417 e. The van der Waals surface area contributed by atoms with Crippen molar-refractivity contribution in [3.8, 4) is 11.1 Å². The number of alkyl halides is 3. The van der Waals surface area contributed by atoms with E-state index in [-0.39, 0.29) is 12.0 Å². The van der Waals surface area contributed by atoms with Gasteiger partial charge in [-0.1, -0.05) is 42.5 Å². The predicted octanol–water partition coefficient (Wildman–Crippen LogP) is 6.11. The molecular weight excluding hydrogens is 370 g/mol. The molecule has 0 N–H and O–H groups in total. The molecule has 0 radical (unpaired) electrons. The van der Waals surface area contributed by atoms with Crippen LogP contribution in [0, 0.1) is 5.95 Å². The average Bonchev–Trinajstić information content (AvgIpc) is 2.68. The molecule has 0 aliphatic rings. The van der Waals surface area contributed by atoms with Crippen LogP contribution >= 0.6 is 0 Å². The lowest BCUT2D eigenvalue weighted by atomic mass is 9.97. The van der Waals surface area contributed by atoms with E-state index in [0.29, 0.717) is 12.8 Å². The van der Waals surface area contributed by atoms with Crippen LogP contribution in [-0.2, 0) is 12.6 Å². The predicted molar refractivity (Wildman–Crippen MR) is 98.3 cm³/mol. The Morgan fingerprint density at radius 3 is 2.21 bits per heavy atom.